The summed E-state index contributed by atoms with van der Waals surface area (Å²) in [6, 6.07) is 11.5. The summed E-state index contributed by atoms with van der Waals surface area (Å²) in [5.74, 6) is 0.146. The first kappa shape index (κ1) is 16.6. The zero-order chi connectivity index (χ0) is 16.9. The molecule has 24 heavy (non-hydrogen) atoms. The normalized spacial score (nSPS) is 14.7. The molecule has 5 nitrogen and oxygen atoms in total. The van der Waals surface area contributed by atoms with Crippen molar-refractivity contribution < 1.29 is 9.59 Å². The number of aromatic amines is 1. The predicted octanol–water partition coefficient (Wildman–Crippen LogP) is 2.26. The summed E-state index contributed by atoms with van der Waals surface area (Å²) in [6.07, 6.45) is 4.22. The van der Waals surface area contributed by atoms with E-state index in [-0.39, 0.29) is 11.8 Å². The Morgan fingerprint density at radius 2 is 1.71 bits per heavy atom. The van der Waals surface area contributed by atoms with E-state index in [1.54, 1.807) is 11.8 Å². The number of H-pyrrole nitrogens is 1. The molecule has 0 unspecified atom stereocenters. The Morgan fingerprint density at radius 3 is 2.29 bits per heavy atom. The third-order valence-corrected chi connectivity index (χ3v) is 5.00. The van der Waals surface area contributed by atoms with Crippen molar-refractivity contribution in [1.29, 1.82) is 0 Å². The van der Waals surface area contributed by atoms with Crippen molar-refractivity contribution in [3.05, 3.63) is 53.9 Å². The highest BCUT2D eigenvalue weighted by Crippen LogP contribution is 2.16. The average molecular weight is 343 g/mol. The third-order valence-electron chi connectivity index (χ3n) is 4.26. The molecule has 6 heteroatoms. The molecule has 1 aromatic heterocycles. The number of rotatable bonds is 4. The van der Waals surface area contributed by atoms with Crippen LogP contribution in [0.3, 0.4) is 0 Å². The van der Waals surface area contributed by atoms with Gasteiger partial charge in [0, 0.05) is 48.5 Å². The van der Waals surface area contributed by atoms with Crippen molar-refractivity contribution in [2.75, 3.05) is 32.4 Å². The van der Waals surface area contributed by atoms with E-state index in [1.807, 2.05) is 58.7 Å². The summed E-state index contributed by atoms with van der Waals surface area (Å²) in [7, 11) is 0. The van der Waals surface area contributed by atoms with E-state index in [9.17, 15) is 9.59 Å². The van der Waals surface area contributed by atoms with Gasteiger partial charge in [0.25, 0.3) is 5.91 Å². The molecule has 1 saturated heterocycles. The molecule has 2 heterocycles. The summed E-state index contributed by atoms with van der Waals surface area (Å²) >= 11 is 1.66. The van der Waals surface area contributed by atoms with Gasteiger partial charge in [-0.3, -0.25) is 9.59 Å². The van der Waals surface area contributed by atoms with E-state index >= 15 is 0 Å². The molecule has 0 aliphatic carbocycles. The molecule has 0 atom stereocenters. The Hall–Kier alpha value is -2.21. The first-order valence-corrected chi connectivity index (χ1v) is 9.23. The van der Waals surface area contributed by atoms with Crippen LogP contribution < -0.4 is 0 Å². The number of carbonyl (C=O) groups is 2. The van der Waals surface area contributed by atoms with Gasteiger partial charge < -0.3 is 14.8 Å². The lowest BCUT2D eigenvalue weighted by molar-refractivity contribution is -0.132. The summed E-state index contributed by atoms with van der Waals surface area (Å²) in [5, 5.41) is 0. The minimum absolute atomic E-state index is 0.0409. The molecule has 0 radical (unpaired) electrons. The minimum atomic E-state index is 0.0409. The highest BCUT2D eigenvalue weighted by atomic mass is 32.2. The van der Waals surface area contributed by atoms with Gasteiger partial charge >= 0.3 is 0 Å². The number of thioether (sulfide) groups is 1. The number of benzene rings is 1. The molecule has 0 bridgehead atoms. The molecule has 1 fully saturated rings. The molecule has 1 aromatic carbocycles. The highest BCUT2D eigenvalue weighted by molar-refractivity contribution is 7.98. The second-order valence-corrected chi connectivity index (χ2v) is 6.65. The molecular weight excluding hydrogens is 322 g/mol. The highest BCUT2D eigenvalue weighted by Gasteiger charge is 2.24. The third kappa shape index (κ3) is 3.82. The van der Waals surface area contributed by atoms with Crippen LogP contribution in [0.25, 0.3) is 0 Å². The molecule has 3 rings (SSSR count). The zero-order valence-corrected chi connectivity index (χ0v) is 14.5. The van der Waals surface area contributed by atoms with Crippen molar-refractivity contribution in [3.8, 4) is 0 Å². The fourth-order valence-electron chi connectivity index (χ4n) is 2.83. The van der Waals surface area contributed by atoms with Crippen molar-refractivity contribution >= 4 is 23.6 Å². The van der Waals surface area contributed by atoms with Crippen LogP contribution in [-0.2, 0) is 11.2 Å². The first-order chi connectivity index (χ1) is 11.7. The molecular formula is C18H21N3O2S. The van der Waals surface area contributed by atoms with E-state index in [2.05, 4.69) is 4.98 Å². The van der Waals surface area contributed by atoms with Gasteiger partial charge in [-0.1, -0.05) is 0 Å². The Labute approximate surface area is 146 Å². The number of nitrogens with one attached hydrogen (secondary N) is 1. The summed E-state index contributed by atoms with van der Waals surface area (Å²) in [4.78, 5) is 32.7. The lowest BCUT2D eigenvalue weighted by Gasteiger charge is -2.34. The van der Waals surface area contributed by atoms with Gasteiger partial charge in [-0.05, 0) is 42.7 Å². The van der Waals surface area contributed by atoms with Crippen LogP contribution in [0.2, 0.25) is 0 Å². The molecule has 1 aliphatic rings. The molecule has 2 aromatic rings. The van der Waals surface area contributed by atoms with Gasteiger partial charge in [-0.25, -0.2) is 0 Å². The van der Waals surface area contributed by atoms with E-state index in [4.69, 9.17) is 0 Å². The Kier molecular flexibility index (Phi) is 5.25. The average Bonchev–Trinajstić information content (AvgIpc) is 3.14. The van der Waals surface area contributed by atoms with E-state index in [0.717, 1.165) is 10.6 Å². The second-order valence-electron chi connectivity index (χ2n) is 5.77. The van der Waals surface area contributed by atoms with Gasteiger partial charge in [-0.15, -0.1) is 11.8 Å². The zero-order valence-electron chi connectivity index (χ0n) is 13.7. The summed E-state index contributed by atoms with van der Waals surface area (Å²) in [6.45, 7) is 2.35. The quantitative estimate of drug-likeness (QED) is 0.867. The minimum Gasteiger partial charge on any atom is -0.365 e. The number of aromatic nitrogens is 1. The Bertz CT molecular complexity index is 690. The smallest absolute Gasteiger partial charge is 0.253 e. The maximum Gasteiger partial charge on any atom is 0.253 e. The monoisotopic (exact) mass is 343 g/mol. The molecule has 1 aliphatic heterocycles. The van der Waals surface area contributed by atoms with Crippen molar-refractivity contribution in [1.82, 2.24) is 14.8 Å². The van der Waals surface area contributed by atoms with Gasteiger partial charge in [0.1, 0.15) is 0 Å². The molecule has 2 amide bonds. The van der Waals surface area contributed by atoms with E-state index in [0.29, 0.717) is 38.2 Å². The van der Waals surface area contributed by atoms with Crippen LogP contribution in [0.4, 0.5) is 0 Å². The summed E-state index contributed by atoms with van der Waals surface area (Å²) in [5.41, 5.74) is 1.63. The first-order valence-electron chi connectivity index (χ1n) is 8.01. The maximum atomic E-state index is 12.5. The van der Waals surface area contributed by atoms with Crippen LogP contribution in [-0.4, -0.2) is 59.0 Å². The van der Waals surface area contributed by atoms with Gasteiger partial charge in [0.15, 0.2) is 0 Å². The molecule has 126 valence electrons. The number of hydrogen-bond acceptors (Lipinski definition) is 3. The summed E-state index contributed by atoms with van der Waals surface area (Å²) < 4.78 is 0. The van der Waals surface area contributed by atoms with Crippen LogP contribution >= 0.6 is 11.8 Å². The molecule has 1 N–H and O–H groups in total. The van der Waals surface area contributed by atoms with Crippen molar-refractivity contribution in [2.24, 2.45) is 0 Å². The van der Waals surface area contributed by atoms with E-state index < -0.39 is 0 Å². The molecule has 0 spiro atoms. The van der Waals surface area contributed by atoms with Crippen LogP contribution in [0, 0.1) is 0 Å². The lowest BCUT2D eigenvalue weighted by Crippen LogP contribution is -2.51. The number of hydrogen-bond donors (Lipinski definition) is 1. The standard InChI is InChI=1S/C18H21N3O2S/c1-24-16-6-4-14(5-7-16)18(23)21-11-9-20(10-12-21)17(22)13-15-3-2-8-19-15/h2-8,19H,9-13H2,1H3. The van der Waals surface area contributed by atoms with Crippen LogP contribution in [0.5, 0.6) is 0 Å². The van der Waals surface area contributed by atoms with Gasteiger partial charge in [0.2, 0.25) is 5.91 Å². The number of amides is 2. The number of carbonyl (C=O) groups excluding carboxylic acids is 2. The fourth-order valence-corrected chi connectivity index (χ4v) is 3.24. The van der Waals surface area contributed by atoms with Crippen LogP contribution in [0.1, 0.15) is 16.1 Å². The second kappa shape index (κ2) is 7.57. The topological polar surface area (TPSA) is 56.4 Å². The van der Waals surface area contributed by atoms with Crippen LogP contribution in [0.15, 0.2) is 47.5 Å². The van der Waals surface area contributed by atoms with Crippen molar-refractivity contribution in [3.63, 3.8) is 0 Å². The Morgan fingerprint density at radius 1 is 1.04 bits per heavy atom. The van der Waals surface area contributed by atoms with Gasteiger partial charge in [-0.2, -0.15) is 0 Å². The Balaban J connectivity index is 1.54. The lowest BCUT2D eigenvalue weighted by atomic mass is 10.1. The van der Waals surface area contributed by atoms with E-state index in [1.165, 1.54) is 0 Å². The molecule has 0 saturated carbocycles. The largest absolute Gasteiger partial charge is 0.365 e. The SMILES string of the molecule is CSc1ccc(C(=O)N2CCN(C(=O)Cc3ccc[nH]3)CC2)cc1. The van der Waals surface area contributed by atoms with Gasteiger partial charge in [0.05, 0.1) is 6.42 Å². The van der Waals surface area contributed by atoms with Crippen molar-refractivity contribution in [2.45, 2.75) is 11.3 Å². The predicted molar refractivity (Wildman–Crippen MR) is 95.2 cm³/mol. The number of piperazine rings is 1. The fraction of sp³-hybridized carbons (Fsp3) is 0.333. The maximum absolute atomic E-state index is 12.5. The number of nitrogens with zero attached hydrogens (tertiary/aromatic N) is 2.